The number of halogens is 1. The molecule has 0 heterocycles. The Labute approximate surface area is 129 Å². The Morgan fingerprint density at radius 1 is 1.48 bits per heavy atom. The van der Waals surface area contributed by atoms with E-state index in [1.165, 1.54) is 25.1 Å². The fourth-order valence-electron chi connectivity index (χ4n) is 1.51. The van der Waals surface area contributed by atoms with Gasteiger partial charge in [0, 0.05) is 6.54 Å². The summed E-state index contributed by atoms with van der Waals surface area (Å²) in [6.45, 7) is 3.83. The number of sulfonamides is 1. The van der Waals surface area contributed by atoms with E-state index in [1.807, 2.05) is 13.0 Å². The van der Waals surface area contributed by atoms with Crippen molar-refractivity contribution < 1.29 is 13.2 Å². The topological polar surface area (TPSA) is 99.1 Å². The monoisotopic (exact) mass is 329 g/mol. The first-order valence-corrected chi connectivity index (χ1v) is 8.17. The van der Waals surface area contributed by atoms with E-state index >= 15 is 0 Å². The first-order chi connectivity index (χ1) is 9.81. The standard InChI is InChI=1S/C13H16ClN3O3S/c1-3-6-16-13(18)9(2)17-21(19,20)11-5-4-10(8-15)12(14)7-11/h4-5,7,9,17H,3,6H2,1-2H3,(H,16,18)/t9-/m0/s1. The molecule has 1 amide bonds. The van der Waals surface area contributed by atoms with Gasteiger partial charge in [0.15, 0.2) is 0 Å². The van der Waals surface area contributed by atoms with Gasteiger partial charge in [0.25, 0.3) is 0 Å². The minimum absolute atomic E-state index is 0.0449. The molecular formula is C13H16ClN3O3S. The highest BCUT2D eigenvalue weighted by Gasteiger charge is 2.22. The van der Waals surface area contributed by atoms with Crippen LogP contribution in [0.3, 0.4) is 0 Å². The van der Waals surface area contributed by atoms with Crippen molar-refractivity contribution >= 4 is 27.5 Å². The molecule has 0 aliphatic carbocycles. The quantitative estimate of drug-likeness (QED) is 0.824. The normalized spacial score (nSPS) is 12.5. The number of nitrogens with zero attached hydrogens (tertiary/aromatic N) is 1. The zero-order chi connectivity index (χ0) is 16.0. The summed E-state index contributed by atoms with van der Waals surface area (Å²) in [5.74, 6) is -0.403. The molecule has 2 N–H and O–H groups in total. The fraction of sp³-hybridized carbons (Fsp3) is 0.385. The molecule has 0 saturated carbocycles. The molecule has 1 rings (SSSR count). The van der Waals surface area contributed by atoms with Gasteiger partial charge < -0.3 is 5.32 Å². The highest BCUT2D eigenvalue weighted by atomic mass is 35.5. The second kappa shape index (κ2) is 7.41. The number of hydrogen-bond acceptors (Lipinski definition) is 4. The third-order valence-corrected chi connectivity index (χ3v) is 4.50. The molecule has 114 valence electrons. The highest BCUT2D eigenvalue weighted by molar-refractivity contribution is 7.89. The number of benzene rings is 1. The summed E-state index contributed by atoms with van der Waals surface area (Å²) in [6, 6.07) is 4.70. The van der Waals surface area contributed by atoms with Crippen LogP contribution in [0.2, 0.25) is 5.02 Å². The minimum Gasteiger partial charge on any atom is -0.355 e. The maximum absolute atomic E-state index is 12.1. The number of carbonyl (C=O) groups is 1. The Kier molecular flexibility index (Phi) is 6.15. The summed E-state index contributed by atoms with van der Waals surface area (Å²) >= 11 is 5.81. The zero-order valence-corrected chi connectivity index (χ0v) is 13.3. The van der Waals surface area contributed by atoms with Crippen LogP contribution in [-0.4, -0.2) is 26.9 Å². The predicted molar refractivity (Wildman–Crippen MR) is 79.3 cm³/mol. The Balaban J connectivity index is 2.89. The van der Waals surface area contributed by atoms with Crippen molar-refractivity contribution in [1.29, 1.82) is 5.26 Å². The van der Waals surface area contributed by atoms with Gasteiger partial charge >= 0.3 is 0 Å². The van der Waals surface area contributed by atoms with Gasteiger partial charge in [-0.25, -0.2) is 8.42 Å². The van der Waals surface area contributed by atoms with E-state index in [2.05, 4.69) is 10.0 Å². The Bertz CT molecular complexity index is 668. The Morgan fingerprint density at radius 2 is 2.14 bits per heavy atom. The van der Waals surface area contributed by atoms with Crippen LogP contribution in [0.25, 0.3) is 0 Å². The third kappa shape index (κ3) is 4.70. The maximum Gasteiger partial charge on any atom is 0.241 e. The van der Waals surface area contributed by atoms with Gasteiger partial charge in [-0.05, 0) is 31.5 Å². The largest absolute Gasteiger partial charge is 0.355 e. The molecule has 0 aromatic heterocycles. The number of hydrogen-bond donors (Lipinski definition) is 2. The van der Waals surface area contributed by atoms with E-state index in [4.69, 9.17) is 16.9 Å². The second-order valence-corrected chi connectivity index (χ2v) is 6.51. The van der Waals surface area contributed by atoms with E-state index in [0.717, 1.165) is 6.42 Å². The molecule has 0 radical (unpaired) electrons. The molecule has 1 aromatic rings. The van der Waals surface area contributed by atoms with Crippen LogP contribution in [0.1, 0.15) is 25.8 Å². The Hall–Kier alpha value is -1.62. The maximum atomic E-state index is 12.1. The lowest BCUT2D eigenvalue weighted by Gasteiger charge is -2.14. The van der Waals surface area contributed by atoms with Gasteiger partial charge in [-0.2, -0.15) is 9.98 Å². The minimum atomic E-state index is -3.88. The number of nitriles is 1. The van der Waals surface area contributed by atoms with Crippen LogP contribution in [0.15, 0.2) is 23.1 Å². The van der Waals surface area contributed by atoms with Crippen molar-refractivity contribution in [3.05, 3.63) is 28.8 Å². The molecule has 1 atom stereocenters. The summed E-state index contributed by atoms with van der Waals surface area (Å²) in [5, 5.41) is 11.4. The molecule has 0 unspecified atom stereocenters. The van der Waals surface area contributed by atoms with Gasteiger partial charge in [-0.15, -0.1) is 0 Å². The first-order valence-electron chi connectivity index (χ1n) is 6.31. The molecule has 6 nitrogen and oxygen atoms in total. The van der Waals surface area contributed by atoms with Crippen molar-refractivity contribution in [1.82, 2.24) is 10.0 Å². The number of nitrogens with one attached hydrogen (secondary N) is 2. The van der Waals surface area contributed by atoms with E-state index in [0.29, 0.717) is 6.54 Å². The van der Waals surface area contributed by atoms with E-state index in [-0.39, 0.29) is 15.5 Å². The van der Waals surface area contributed by atoms with Crippen molar-refractivity contribution in [2.45, 2.75) is 31.2 Å². The molecule has 0 bridgehead atoms. The van der Waals surface area contributed by atoms with Crippen LogP contribution in [0.5, 0.6) is 0 Å². The summed E-state index contributed by atoms with van der Waals surface area (Å²) in [7, 11) is -3.88. The lowest BCUT2D eigenvalue weighted by Crippen LogP contribution is -2.44. The first kappa shape index (κ1) is 17.4. The van der Waals surface area contributed by atoms with Crippen molar-refractivity contribution in [3.8, 4) is 6.07 Å². The predicted octanol–water partition coefficient (Wildman–Crippen LogP) is 1.40. The lowest BCUT2D eigenvalue weighted by molar-refractivity contribution is -0.122. The Morgan fingerprint density at radius 3 is 2.67 bits per heavy atom. The third-order valence-electron chi connectivity index (χ3n) is 2.65. The van der Waals surface area contributed by atoms with Gasteiger partial charge in [0.05, 0.1) is 21.5 Å². The van der Waals surface area contributed by atoms with Gasteiger partial charge in [0.1, 0.15) is 6.07 Å². The average Bonchev–Trinajstić information content (AvgIpc) is 2.44. The summed E-state index contributed by atoms with van der Waals surface area (Å²) in [4.78, 5) is 11.6. The molecule has 0 saturated heterocycles. The van der Waals surface area contributed by atoms with E-state index in [9.17, 15) is 13.2 Å². The molecule has 8 heteroatoms. The van der Waals surface area contributed by atoms with Crippen molar-refractivity contribution in [3.63, 3.8) is 0 Å². The van der Waals surface area contributed by atoms with E-state index in [1.54, 1.807) is 0 Å². The molecule has 0 spiro atoms. The van der Waals surface area contributed by atoms with E-state index < -0.39 is 22.0 Å². The second-order valence-electron chi connectivity index (χ2n) is 4.39. The molecule has 1 aromatic carbocycles. The van der Waals surface area contributed by atoms with Gasteiger partial charge in [-0.1, -0.05) is 18.5 Å². The molecule has 21 heavy (non-hydrogen) atoms. The summed E-state index contributed by atoms with van der Waals surface area (Å²) < 4.78 is 26.5. The number of carbonyl (C=O) groups excluding carboxylic acids is 1. The summed E-state index contributed by atoms with van der Waals surface area (Å²) in [6.07, 6.45) is 0.760. The molecule has 0 aliphatic rings. The number of rotatable bonds is 6. The van der Waals surface area contributed by atoms with Crippen LogP contribution >= 0.6 is 11.6 Å². The summed E-state index contributed by atoms with van der Waals surface area (Å²) in [5.41, 5.74) is 0.185. The molecule has 0 aliphatic heterocycles. The van der Waals surface area contributed by atoms with Crippen LogP contribution < -0.4 is 10.0 Å². The van der Waals surface area contributed by atoms with Crippen LogP contribution in [0.4, 0.5) is 0 Å². The van der Waals surface area contributed by atoms with Crippen LogP contribution in [0, 0.1) is 11.3 Å². The van der Waals surface area contributed by atoms with Crippen LogP contribution in [-0.2, 0) is 14.8 Å². The smallest absolute Gasteiger partial charge is 0.241 e. The number of amides is 1. The molecule has 0 fully saturated rings. The SMILES string of the molecule is CCCNC(=O)[C@H](C)NS(=O)(=O)c1ccc(C#N)c(Cl)c1. The van der Waals surface area contributed by atoms with Gasteiger partial charge in [0.2, 0.25) is 15.9 Å². The molecular weight excluding hydrogens is 314 g/mol. The van der Waals surface area contributed by atoms with Crippen molar-refractivity contribution in [2.75, 3.05) is 6.54 Å². The highest BCUT2D eigenvalue weighted by Crippen LogP contribution is 2.20. The van der Waals surface area contributed by atoms with Gasteiger partial charge in [-0.3, -0.25) is 4.79 Å². The average molecular weight is 330 g/mol. The van der Waals surface area contributed by atoms with Crippen molar-refractivity contribution in [2.24, 2.45) is 0 Å². The zero-order valence-electron chi connectivity index (χ0n) is 11.7. The fourth-order valence-corrected chi connectivity index (χ4v) is 3.03. The lowest BCUT2D eigenvalue weighted by atomic mass is 10.2.